The van der Waals surface area contributed by atoms with Crippen molar-refractivity contribution >= 4 is 13.5 Å². The molecule has 1 heterocycles. The molecule has 2 rings (SSSR count). The summed E-state index contributed by atoms with van der Waals surface area (Å²) in [6.07, 6.45) is 2.58. The van der Waals surface area contributed by atoms with E-state index in [4.69, 9.17) is 4.43 Å². The van der Waals surface area contributed by atoms with Gasteiger partial charge < -0.3 is 4.43 Å². The van der Waals surface area contributed by atoms with Crippen LogP contribution < -0.4 is 10.5 Å². The minimum absolute atomic E-state index is 0.138. The first kappa shape index (κ1) is 13.8. The van der Waals surface area contributed by atoms with Gasteiger partial charge in [0.15, 0.2) is 0 Å². The highest BCUT2D eigenvalue weighted by molar-refractivity contribution is 6.87. The van der Waals surface area contributed by atoms with Gasteiger partial charge in [-0.2, -0.15) is 0 Å². The van der Waals surface area contributed by atoms with Crippen molar-refractivity contribution < 1.29 is 4.43 Å². The molecular weight excluding hydrogens is 238 g/mol. The summed E-state index contributed by atoms with van der Waals surface area (Å²) in [7, 11) is -1.69. The second-order valence-corrected chi connectivity index (χ2v) is 9.27. The van der Waals surface area contributed by atoms with Crippen LogP contribution in [-0.2, 0) is 4.43 Å². The molecule has 0 saturated carbocycles. The summed E-state index contributed by atoms with van der Waals surface area (Å²) in [6, 6.07) is 11.2. The minimum atomic E-state index is -1.69. The molecule has 1 atom stereocenters. The molecule has 1 aromatic rings. The standard InChI is InChI=1S/C15H25NOSi/c1-4-7-12-16-15-13-10-8-9-11-14(13)18(5-2,6-3)17-15/h8-11,15-16H,4-7,12H2,1-3H3. The molecule has 0 spiro atoms. The van der Waals surface area contributed by atoms with Gasteiger partial charge in [-0.15, -0.1) is 0 Å². The fraction of sp³-hybridized carbons (Fsp3) is 0.600. The molecular formula is C15H25NOSi. The number of unbranched alkanes of at least 4 members (excludes halogenated alkanes) is 1. The predicted octanol–water partition coefficient (Wildman–Crippen LogP) is 3.30. The van der Waals surface area contributed by atoms with Crippen molar-refractivity contribution in [2.45, 2.75) is 51.9 Å². The first-order chi connectivity index (χ1) is 8.77. The maximum Gasteiger partial charge on any atom is 0.226 e. The fourth-order valence-corrected chi connectivity index (χ4v) is 6.38. The van der Waals surface area contributed by atoms with Gasteiger partial charge in [-0.1, -0.05) is 51.5 Å². The topological polar surface area (TPSA) is 21.3 Å². The van der Waals surface area contributed by atoms with Crippen LogP contribution in [0.1, 0.15) is 45.4 Å². The lowest BCUT2D eigenvalue weighted by atomic mass is 10.2. The summed E-state index contributed by atoms with van der Waals surface area (Å²) in [4.78, 5) is 0. The summed E-state index contributed by atoms with van der Waals surface area (Å²) >= 11 is 0. The molecule has 2 nitrogen and oxygen atoms in total. The van der Waals surface area contributed by atoms with E-state index in [0.29, 0.717) is 0 Å². The number of nitrogens with one attached hydrogen (secondary N) is 1. The zero-order chi connectivity index (χ0) is 13.0. The zero-order valence-electron chi connectivity index (χ0n) is 11.8. The molecule has 0 amide bonds. The van der Waals surface area contributed by atoms with Gasteiger partial charge in [-0.05, 0) is 35.8 Å². The first-order valence-electron chi connectivity index (χ1n) is 7.28. The highest BCUT2D eigenvalue weighted by atomic mass is 28.4. The number of hydrogen-bond acceptors (Lipinski definition) is 2. The fourth-order valence-electron chi connectivity index (χ4n) is 2.85. The largest absolute Gasteiger partial charge is 0.393 e. The van der Waals surface area contributed by atoms with Crippen LogP contribution in [0.2, 0.25) is 12.1 Å². The molecule has 1 N–H and O–H groups in total. The van der Waals surface area contributed by atoms with Crippen molar-refractivity contribution in [2.24, 2.45) is 0 Å². The highest BCUT2D eigenvalue weighted by Crippen LogP contribution is 2.32. The lowest BCUT2D eigenvalue weighted by molar-refractivity contribution is 0.170. The van der Waals surface area contributed by atoms with Crippen molar-refractivity contribution in [3.05, 3.63) is 29.8 Å². The van der Waals surface area contributed by atoms with Crippen LogP contribution in [-0.4, -0.2) is 14.9 Å². The smallest absolute Gasteiger partial charge is 0.226 e. The molecule has 0 aromatic heterocycles. The Morgan fingerprint density at radius 1 is 1.17 bits per heavy atom. The summed E-state index contributed by atoms with van der Waals surface area (Å²) in [6.45, 7) is 7.83. The Balaban J connectivity index is 2.22. The Hall–Kier alpha value is -0.643. The Labute approximate surface area is 112 Å². The van der Waals surface area contributed by atoms with Crippen molar-refractivity contribution in [2.75, 3.05) is 6.54 Å². The van der Waals surface area contributed by atoms with Crippen LogP contribution in [0.4, 0.5) is 0 Å². The Morgan fingerprint density at radius 2 is 1.89 bits per heavy atom. The van der Waals surface area contributed by atoms with Crippen LogP contribution in [0.3, 0.4) is 0 Å². The third kappa shape index (κ3) is 2.39. The van der Waals surface area contributed by atoms with E-state index in [0.717, 1.165) is 6.54 Å². The van der Waals surface area contributed by atoms with Gasteiger partial charge in [0.1, 0.15) is 6.23 Å². The second kappa shape index (κ2) is 6.00. The van der Waals surface area contributed by atoms with Crippen LogP contribution >= 0.6 is 0 Å². The van der Waals surface area contributed by atoms with E-state index in [1.807, 2.05) is 0 Å². The van der Waals surface area contributed by atoms with E-state index in [1.54, 1.807) is 0 Å². The van der Waals surface area contributed by atoms with Gasteiger partial charge in [0, 0.05) is 0 Å². The van der Waals surface area contributed by atoms with Gasteiger partial charge in [0.05, 0.1) is 0 Å². The molecule has 18 heavy (non-hydrogen) atoms. The number of fused-ring (bicyclic) bond motifs is 1. The van der Waals surface area contributed by atoms with Crippen LogP contribution in [0.5, 0.6) is 0 Å². The predicted molar refractivity (Wildman–Crippen MR) is 79.5 cm³/mol. The SMILES string of the molecule is CCCCNC1O[Si](CC)(CC)c2ccccc21. The molecule has 0 bridgehead atoms. The monoisotopic (exact) mass is 263 g/mol. The molecule has 3 heteroatoms. The number of hydrogen-bond donors (Lipinski definition) is 1. The second-order valence-electron chi connectivity index (χ2n) is 5.09. The Morgan fingerprint density at radius 3 is 2.56 bits per heavy atom. The van der Waals surface area contributed by atoms with E-state index < -0.39 is 8.32 Å². The first-order valence-corrected chi connectivity index (χ1v) is 9.60. The van der Waals surface area contributed by atoms with Gasteiger partial charge in [0.2, 0.25) is 8.32 Å². The van der Waals surface area contributed by atoms with Gasteiger partial charge in [-0.25, -0.2) is 0 Å². The molecule has 100 valence electrons. The van der Waals surface area contributed by atoms with Crippen LogP contribution in [0, 0.1) is 0 Å². The van der Waals surface area contributed by atoms with Crippen molar-refractivity contribution in [1.29, 1.82) is 0 Å². The molecule has 0 fully saturated rings. The third-order valence-corrected chi connectivity index (χ3v) is 8.49. The van der Waals surface area contributed by atoms with E-state index in [9.17, 15) is 0 Å². The Kier molecular flexibility index (Phi) is 4.59. The summed E-state index contributed by atoms with van der Waals surface area (Å²) in [5.41, 5.74) is 1.39. The average molecular weight is 263 g/mol. The van der Waals surface area contributed by atoms with Gasteiger partial charge >= 0.3 is 0 Å². The molecule has 0 aliphatic carbocycles. The summed E-state index contributed by atoms with van der Waals surface area (Å²) in [5, 5.41) is 5.09. The molecule has 1 aromatic carbocycles. The summed E-state index contributed by atoms with van der Waals surface area (Å²) < 4.78 is 6.49. The molecule has 1 aliphatic rings. The van der Waals surface area contributed by atoms with Crippen molar-refractivity contribution in [3.8, 4) is 0 Å². The molecule has 0 saturated heterocycles. The highest BCUT2D eigenvalue weighted by Gasteiger charge is 2.44. The van der Waals surface area contributed by atoms with E-state index in [1.165, 1.54) is 35.7 Å². The van der Waals surface area contributed by atoms with Crippen molar-refractivity contribution in [1.82, 2.24) is 5.32 Å². The maximum absolute atomic E-state index is 6.49. The molecule has 1 aliphatic heterocycles. The third-order valence-electron chi connectivity index (χ3n) is 4.08. The van der Waals surface area contributed by atoms with Gasteiger partial charge in [-0.3, -0.25) is 5.32 Å². The van der Waals surface area contributed by atoms with E-state index in [-0.39, 0.29) is 6.23 Å². The Bertz CT molecular complexity index is 390. The van der Waals surface area contributed by atoms with E-state index >= 15 is 0 Å². The number of rotatable bonds is 6. The minimum Gasteiger partial charge on any atom is -0.393 e. The molecule has 1 unspecified atom stereocenters. The maximum atomic E-state index is 6.49. The van der Waals surface area contributed by atoms with Gasteiger partial charge in [0.25, 0.3) is 0 Å². The average Bonchev–Trinajstić information content (AvgIpc) is 2.74. The van der Waals surface area contributed by atoms with Crippen LogP contribution in [0.25, 0.3) is 0 Å². The van der Waals surface area contributed by atoms with Crippen LogP contribution in [0.15, 0.2) is 24.3 Å². The lowest BCUT2D eigenvalue weighted by Crippen LogP contribution is -2.45. The normalized spacial score (nSPS) is 20.9. The summed E-state index contributed by atoms with van der Waals surface area (Å²) in [5.74, 6) is 0. The quantitative estimate of drug-likeness (QED) is 0.628. The molecule has 0 radical (unpaired) electrons. The number of benzene rings is 1. The lowest BCUT2D eigenvalue weighted by Gasteiger charge is -2.25. The van der Waals surface area contributed by atoms with Crippen molar-refractivity contribution in [3.63, 3.8) is 0 Å². The zero-order valence-corrected chi connectivity index (χ0v) is 12.8. The van der Waals surface area contributed by atoms with E-state index in [2.05, 4.69) is 50.4 Å².